The first-order chi connectivity index (χ1) is 6.43. The molecule has 1 saturated heterocycles. The second-order valence-electron chi connectivity index (χ2n) is 3.37. The van der Waals surface area contributed by atoms with Gasteiger partial charge in [0.15, 0.2) is 0 Å². The monoisotopic (exact) mass is 182 g/mol. The number of hydrogen-bond donors (Lipinski definition) is 0. The van der Waals surface area contributed by atoms with Gasteiger partial charge >= 0.3 is 7.12 Å². The first kappa shape index (κ1) is 10.8. The predicted molar refractivity (Wildman–Crippen MR) is 55.7 cm³/mol. The molecule has 0 N–H and O–H groups in total. The molecule has 13 heavy (non-hydrogen) atoms. The van der Waals surface area contributed by atoms with Gasteiger partial charge in [-0.15, -0.1) is 0 Å². The molecule has 0 amide bonds. The van der Waals surface area contributed by atoms with Crippen LogP contribution >= 0.6 is 0 Å². The average Bonchev–Trinajstić information content (AvgIpc) is 2.19. The second kappa shape index (κ2) is 7.16. The van der Waals surface area contributed by atoms with Gasteiger partial charge in [-0.2, -0.15) is 0 Å². The molecule has 0 aliphatic carbocycles. The molecule has 0 aromatic rings. The molecule has 0 saturated carbocycles. The molecule has 0 aromatic heterocycles. The Labute approximate surface area is 81.4 Å². The summed E-state index contributed by atoms with van der Waals surface area (Å²) in [5.74, 6) is 0. The van der Waals surface area contributed by atoms with Crippen LogP contribution in [0.2, 0.25) is 6.32 Å². The van der Waals surface area contributed by atoms with E-state index in [1.165, 1.54) is 19.3 Å². The molecule has 1 fully saturated rings. The highest BCUT2D eigenvalue weighted by Gasteiger charge is 2.19. The van der Waals surface area contributed by atoms with Crippen molar-refractivity contribution in [3.8, 4) is 0 Å². The van der Waals surface area contributed by atoms with E-state index in [9.17, 15) is 0 Å². The Morgan fingerprint density at radius 2 is 2.00 bits per heavy atom. The van der Waals surface area contributed by atoms with E-state index in [0.29, 0.717) is 0 Å². The molecule has 1 rings (SSSR count). The van der Waals surface area contributed by atoms with Crippen LogP contribution in [0.15, 0.2) is 12.2 Å². The minimum Gasteiger partial charge on any atom is -0.411 e. The van der Waals surface area contributed by atoms with E-state index in [4.69, 9.17) is 9.31 Å². The molecule has 1 aliphatic rings. The Bertz CT molecular complexity index is 142. The van der Waals surface area contributed by atoms with Gasteiger partial charge in [-0.3, -0.25) is 0 Å². The summed E-state index contributed by atoms with van der Waals surface area (Å²) < 4.78 is 10.8. The number of unbranched alkanes of at least 4 members (excludes halogenated alkanes) is 2. The van der Waals surface area contributed by atoms with E-state index in [1.807, 2.05) is 0 Å². The van der Waals surface area contributed by atoms with E-state index < -0.39 is 0 Å². The molecule has 3 heteroatoms. The topological polar surface area (TPSA) is 18.5 Å². The van der Waals surface area contributed by atoms with Crippen molar-refractivity contribution in [3.05, 3.63) is 12.2 Å². The molecule has 0 aromatic carbocycles. The maximum Gasteiger partial charge on any atom is 0.460 e. The fourth-order valence-electron chi connectivity index (χ4n) is 1.32. The molecule has 0 unspecified atom stereocenters. The fraction of sp³-hybridized carbons (Fsp3) is 0.800. The molecule has 0 spiro atoms. The Balaban J connectivity index is 2.00. The van der Waals surface area contributed by atoms with Crippen LogP contribution in [0, 0.1) is 0 Å². The summed E-state index contributed by atoms with van der Waals surface area (Å²) in [6.07, 6.45) is 10.1. The van der Waals surface area contributed by atoms with Gasteiger partial charge < -0.3 is 9.31 Å². The first-order valence-corrected chi connectivity index (χ1v) is 5.31. The minimum absolute atomic E-state index is 0.0200. The van der Waals surface area contributed by atoms with Crippen LogP contribution in [0.4, 0.5) is 0 Å². The Morgan fingerprint density at radius 3 is 2.69 bits per heavy atom. The smallest absolute Gasteiger partial charge is 0.411 e. The van der Waals surface area contributed by atoms with E-state index in [0.717, 1.165) is 26.0 Å². The largest absolute Gasteiger partial charge is 0.460 e. The summed E-state index contributed by atoms with van der Waals surface area (Å²) in [5.41, 5.74) is 0. The van der Waals surface area contributed by atoms with Crippen molar-refractivity contribution in [2.45, 2.75) is 38.9 Å². The van der Waals surface area contributed by atoms with Gasteiger partial charge in [-0.05, 0) is 12.8 Å². The van der Waals surface area contributed by atoms with E-state index in [1.54, 1.807) is 0 Å². The first-order valence-electron chi connectivity index (χ1n) is 5.31. The normalized spacial score (nSPS) is 18.4. The van der Waals surface area contributed by atoms with E-state index in [-0.39, 0.29) is 7.12 Å². The summed E-state index contributed by atoms with van der Waals surface area (Å²) in [4.78, 5) is 0. The van der Waals surface area contributed by atoms with Gasteiger partial charge in [0.05, 0.1) is 0 Å². The molecule has 1 aliphatic heterocycles. The van der Waals surface area contributed by atoms with Crippen LogP contribution in [0.5, 0.6) is 0 Å². The van der Waals surface area contributed by atoms with Crippen molar-refractivity contribution in [1.29, 1.82) is 0 Å². The lowest BCUT2D eigenvalue weighted by atomic mass is 9.83. The third kappa shape index (κ3) is 5.11. The van der Waals surface area contributed by atoms with Crippen LogP contribution in [-0.4, -0.2) is 20.3 Å². The van der Waals surface area contributed by atoms with Crippen molar-refractivity contribution < 1.29 is 9.31 Å². The summed E-state index contributed by atoms with van der Waals surface area (Å²) in [6, 6.07) is 0. The molecule has 0 bridgehead atoms. The lowest BCUT2D eigenvalue weighted by Gasteiger charge is -2.18. The molecule has 2 nitrogen and oxygen atoms in total. The lowest BCUT2D eigenvalue weighted by Crippen LogP contribution is -2.28. The molecule has 74 valence electrons. The van der Waals surface area contributed by atoms with Crippen LogP contribution < -0.4 is 0 Å². The Hall–Kier alpha value is -0.275. The van der Waals surface area contributed by atoms with Crippen LogP contribution in [0.1, 0.15) is 32.6 Å². The Morgan fingerprint density at radius 1 is 1.23 bits per heavy atom. The zero-order valence-corrected chi connectivity index (χ0v) is 8.50. The van der Waals surface area contributed by atoms with Gasteiger partial charge in [-0.1, -0.05) is 31.9 Å². The molecular weight excluding hydrogens is 163 g/mol. The standard InChI is InChI=1S/C10H19BO2/c1-2-3-4-5-6-8-11-12-9-7-10-13-11/h5-6H,2-4,7-10H2,1H3/b6-5+. The van der Waals surface area contributed by atoms with Crippen molar-refractivity contribution in [1.82, 2.24) is 0 Å². The highest BCUT2D eigenvalue weighted by molar-refractivity contribution is 6.45. The summed E-state index contributed by atoms with van der Waals surface area (Å²) in [6.45, 7) is 3.92. The van der Waals surface area contributed by atoms with Crippen LogP contribution in [0.3, 0.4) is 0 Å². The van der Waals surface area contributed by atoms with Crippen molar-refractivity contribution in [2.75, 3.05) is 13.2 Å². The second-order valence-corrected chi connectivity index (χ2v) is 3.37. The van der Waals surface area contributed by atoms with Gasteiger partial charge in [0, 0.05) is 19.5 Å². The highest BCUT2D eigenvalue weighted by atomic mass is 16.6. The molecule has 0 radical (unpaired) electrons. The third-order valence-corrected chi connectivity index (χ3v) is 2.12. The van der Waals surface area contributed by atoms with Crippen LogP contribution in [-0.2, 0) is 9.31 Å². The number of allylic oxidation sites excluding steroid dienone is 2. The summed E-state index contributed by atoms with van der Waals surface area (Å²) >= 11 is 0. The van der Waals surface area contributed by atoms with Gasteiger partial charge in [0.2, 0.25) is 0 Å². The fourth-order valence-corrected chi connectivity index (χ4v) is 1.32. The van der Waals surface area contributed by atoms with Crippen molar-refractivity contribution >= 4 is 7.12 Å². The quantitative estimate of drug-likeness (QED) is 0.369. The van der Waals surface area contributed by atoms with Crippen LogP contribution in [0.25, 0.3) is 0 Å². The highest BCUT2D eigenvalue weighted by Crippen LogP contribution is 2.06. The van der Waals surface area contributed by atoms with Gasteiger partial charge in [-0.25, -0.2) is 0 Å². The summed E-state index contributed by atoms with van der Waals surface area (Å²) in [5, 5.41) is 0. The number of rotatable bonds is 5. The SMILES string of the molecule is CCCC/C=C/CB1OCCCO1. The predicted octanol–water partition coefficient (Wildman–Crippen LogP) is 2.66. The average molecular weight is 182 g/mol. The lowest BCUT2D eigenvalue weighted by molar-refractivity contribution is 0.136. The molecule has 0 atom stereocenters. The third-order valence-electron chi connectivity index (χ3n) is 2.12. The van der Waals surface area contributed by atoms with E-state index in [2.05, 4.69) is 19.1 Å². The zero-order chi connectivity index (χ0) is 9.36. The van der Waals surface area contributed by atoms with Crippen molar-refractivity contribution in [2.24, 2.45) is 0 Å². The Kier molecular flexibility index (Phi) is 5.95. The van der Waals surface area contributed by atoms with Crippen molar-refractivity contribution in [3.63, 3.8) is 0 Å². The molecule has 1 heterocycles. The van der Waals surface area contributed by atoms with E-state index >= 15 is 0 Å². The molecular formula is C10H19BO2. The minimum atomic E-state index is 0.0200. The van der Waals surface area contributed by atoms with Gasteiger partial charge in [0.1, 0.15) is 0 Å². The maximum atomic E-state index is 5.41. The zero-order valence-electron chi connectivity index (χ0n) is 8.50. The number of hydrogen-bond acceptors (Lipinski definition) is 2. The van der Waals surface area contributed by atoms with Gasteiger partial charge in [0.25, 0.3) is 0 Å². The maximum absolute atomic E-state index is 5.41. The summed E-state index contributed by atoms with van der Waals surface area (Å²) in [7, 11) is 0.0200.